The molecule has 0 fully saturated rings. The molecule has 2 nitrogen and oxygen atoms in total. The van der Waals surface area contributed by atoms with Crippen LogP contribution >= 0.6 is 0 Å². The van der Waals surface area contributed by atoms with E-state index in [2.05, 4.69) is 36.0 Å². The van der Waals surface area contributed by atoms with Gasteiger partial charge in [0.25, 0.3) is 0 Å². The predicted molar refractivity (Wildman–Crippen MR) is 50.2 cm³/mol. The molecule has 1 aliphatic heterocycles. The van der Waals surface area contributed by atoms with E-state index >= 15 is 0 Å². The van der Waals surface area contributed by atoms with E-state index in [0.717, 1.165) is 19.6 Å². The van der Waals surface area contributed by atoms with E-state index in [1.807, 2.05) is 0 Å². The maximum absolute atomic E-state index is 3.37. The lowest BCUT2D eigenvalue weighted by Crippen LogP contribution is -2.27. The second-order valence-corrected chi connectivity index (χ2v) is 3.79. The third-order valence-corrected chi connectivity index (χ3v) is 2.51. The maximum atomic E-state index is 3.37. The van der Waals surface area contributed by atoms with Gasteiger partial charge >= 0.3 is 0 Å². The molecule has 0 unspecified atom stereocenters. The summed E-state index contributed by atoms with van der Waals surface area (Å²) in [6, 6.07) is 2.32. The summed E-state index contributed by atoms with van der Waals surface area (Å²) in [4.78, 5) is 0. The Labute approximate surface area is 73.6 Å². The van der Waals surface area contributed by atoms with Gasteiger partial charge in [0.05, 0.1) is 0 Å². The highest BCUT2D eigenvalue weighted by molar-refractivity contribution is 5.22. The van der Waals surface area contributed by atoms with Gasteiger partial charge in [-0.3, -0.25) is 0 Å². The molecule has 1 aromatic heterocycles. The highest BCUT2D eigenvalue weighted by Gasteiger charge is 2.10. The zero-order valence-electron chi connectivity index (χ0n) is 7.80. The Kier molecular flexibility index (Phi) is 1.93. The Morgan fingerprint density at radius 3 is 3.00 bits per heavy atom. The van der Waals surface area contributed by atoms with Crippen LogP contribution in [-0.2, 0) is 13.1 Å². The lowest BCUT2D eigenvalue weighted by atomic mass is 10.1. The molecule has 0 aliphatic carbocycles. The average Bonchev–Trinajstić information content (AvgIpc) is 2.46. The summed E-state index contributed by atoms with van der Waals surface area (Å²) in [7, 11) is 0. The zero-order valence-corrected chi connectivity index (χ0v) is 7.80. The summed E-state index contributed by atoms with van der Waals surface area (Å²) in [6.07, 6.45) is 2.29. The molecule has 2 heteroatoms. The minimum atomic E-state index is 0.656. The summed E-state index contributed by atoms with van der Waals surface area (Å²) in [5, 5.41) is 3.37. The molecule has 0 saturated carbocycles. The molecule has 1 N–H and O–H groups in total. The van der Waals surface area contributed by atoms with E-state index < -0.39 is 0 Å². The van der Waals surface area contributed by atoms with Crippen LogP contribution in [-0.4, -0.2) is 11.1 Å². The predicted octanol–water partition coefficient (Wildman–Crippen LogP) is 1.71. The van der Waals surface area contributed by atoms with Crippen molar-refractivity contribution in [2.24, 2.45) is 0 Å². The first-order chi connectivity index (χ1) is 5.77. The minimum Gasteiger partial charge on any atom is -0.349 e. The molecule has 0 bridgehead atoms. The minimum absolute atomic E-state index is 0.656. The van der Waals surface area contributed by atoms with Crippen molar-refractivity contribution in [2.75, 3.05) is 6.54 Å². The summed E-state index contributed by atoms with van der Waals surface area (Å²) in [6.45, 7) is 7.76. The number of hydrogen-bond donors (Lipinski definition) is 1. The number of hydrogen-bond acceptors (Lipinski definition) is 1. The van der Waals surface area contributed by atoms with E-state index in [4.69, 9.17) is 0 Å². The van der Waals surface area contributed by atoms with Crippen molar-refractivity contribution in [3.63, 3.8) is 0 Å². The Balaban J connectivity index is 2.32. The van der Waals surface area contributed by atoms with Crippen molar-refractivity contribution >= 4 is 0 Å². The fourth-order valence-electron chi connectivity index (χ4n) is 1.67. The summed E-state index contributed by atoms with van der Waals surface area (Å²) in [5.41, 5.74) is 2.90. The largest absolute Gasteiger partial charge is 0.349 e. The van der Waals surface area contributed by atoms with Crippen LogP contribution in [0.25, 0.3) is 0 Å². The molecule has 1 aliphatic rings. The lowest BCUT2D eigenvalue weighted by Gasteiger charge is -2.15. The highest BCUT2D eigenvalue weighted by atomic mass is 15.1. The molecule has 0 atom stereocenters. The smallest absolute Gasteiger partial charge is 0.0360 e. The zero-order chi connectivity index (χ0) is 8.55. The van der Waals surface area contributed by atoms with Crippen molar-refractivity contribution in [3.8, 4) is 0 Å². The van der Waals surface area contributed by atoms with Crippen molar-refractivity contribution in [3.05, 3.63) is 23.5 Å². The van der Waals surface area contributed by atoms with Crippen LogP contribution in [0.2, 0.25) is 0 Å². The van der Waals surface area contributed by atoms with Gasteiger partial charge in [-0.15, -0.1) is 0 Å². The van der Waals surface area contributed by atoms with Gasteiger partial charge in [-0.05, 0) is 17.5 Å². The molecular formula is C10H16N2. The fraction of sp³-hybridized carbons (Fsp3) is 0.600. The molecular weight excluding hydrogens is 148 g/mol. The van der Waals surface area contributed by atoms with Gasteiger partial charge in [0.15, 0.2) is 0 Å². The molecule has 0 spiro atoms. The number of nitrogens with one attached hydrogen (secondary N) is 1. The summed E-state index contributed by atoms with van der Waals surface area (Å²) < 4.78 is 2.37. The first-order valence-corrected chi connectivity index (χ1v) is 4.67. The third kappa shape index (κ3) is 1.27. The molecule has 0 aromatic carbocycles. The second-order valence-electron chi connectivity index (χ2n) is 3.79. The number of rotatable bonds is 1. The van der Waals surface area contributed by atoms with Gasteiger partial charge in [-0.1, -0.05) is 13.8 Å². The van der Waals surface area contributed by atoms with Crippen molar-refractivity contribution < 1.29 is 0 Å². The second kappa shape index (κ2) is 2.94. The summed E-state index contributed by atoms with van der Waals surface area (Å²) >= 11 is 0. The van der Waals surface area contributed by atoms with E-state index in [0.29, 0.717) is 5.92 Å². The van der Waals surface area contributed by atoms with Gasteiger partial charge in [0.1, 0.15) is 0 Å². The molecule has 1 aromatic rings. The van der Waals surface area contributed by atoms with Gasteiger partial charge in [-0.25, -0.2) is 0 Å². The molecule has 2 rings (SSSR count). The number of fused-ring (bicyclic) bond motifs is 1. The monoisotopic (exact) mass is 164 g/mol. The van der Waals surface area contributed by atoms with Crippen molar-refractivity contribution in [1.82, 2.24) is 9.88 Å². The van der Waals surface area contributed by atoms with Crippen LogP contribution in [0.4, 0.5) is 0 Å². The molecule has 66 valence electrons. The third-order valence-electron chi connectivity index (χ3n) is 2.51. The molecule has 12 heavy (non-hydrogen) atoms. The SMILES string of the molecule is CC(C)c1cc2n(c1)CCNC2. The Morgan fingerprint density at radius 1 is 1.50 bits per heavy atom. The van der Waals surface area contributed by atoms with E-state index in [1.165, 1.54) is 11.3 Å². The Hall–Kier alpha value is -0.760. The van der Waals surface area contributed by atoms with Gasteiger partial charge < -0.3 is 9.88 Å². The molecule has 0 radical (unpaired) electrons. The first kappa shape index (κ1) is 7.87. The Bertz CT molecular complexity index is 250. The molecule has 0 amide bonds. The van der Waals surface area contributed by atoms with Crippen LogP contribution in [0.15, 0.2) is 12.3 Å². The molecule has 2 heterocycles. The molecule has 0 saturated heterocycles. The standard InChI is InChI=1S/C10H16N2/c1-8(2)9-5-10-6-11-3-4-12(10)7-9/h5,7-8,11H,3-4,6H2,1-2H3. The van der Waals surface area contributed by atoms with Gasteiger partial charge in [0, 0.05) is 31.5 Å². The average molecular weight is 164 g/mol. The highest BCUT2D eigenvalue weighted by Crippen LogP contribution is 2.18. The quantitative estimate of drug-likeness (QED) is 0.668. The van der Waals surface area contributed by atoms with E-state index in [9.17, 15) is 0 Å². The number of aromatic nitrogens is 1. The maximum Gasteiger partial charge on any atom is 0.0360 e. The van der Waals surface area contributed by atoms with Crippen LogP contribution in [0, 0.1) is 0 Å². The van der Waals surface area contributed by atoms with Crippen LogP contribution < -0.4 is 5.32 Å². The van der Waals surface area contributed by atoms with E-state index in [-0.39, 0.29) is 0 Å². The lowest BCUT2D eigenvalue weighted by molar-refractivity contribution is 0.516. The Morgan fingerprint density at radius 2 is 2.33 bits per heavy atom. The fourth-order valence-corrected chi connectivity index (χ4v) is 1.67. The van der Waals surface area contributed by atoms with Crippen LogP contribution in [0.3, 0.4) is 0 Å². The van der Waals surface area contributed by atoms with Crippen molar-refractivity contribution in [1.29, 1.82) is 0 Å². The summed E-state index contributed by atoms with van der Waals surface area (Å²) in [5.74, 6) is 0.656. The van der Waals surface area contributed by atoms with E-state index in [1.54, 1.807) is 0 Å². The topological polar surface area (TPSA) is 17.0 Å². The van der Waals surface area contributed by atoms with Crippen LogP contribution in [0.5, 0.6) is 0 Å². The van der Waals surface area contributed by atoms with Crippen molar-refractivity contribution in [2.45, 2.75) is 32.9 Å². The first-order valence-electron chi connectivity index (χ1n) is 4.67. The normalized spacial score (nSPS) is 16.6. The van der Waals surface area contributed by atoms with Crippen LogP contribution in [0.1, 0.15) is 31.0 Å². The van der Waals surface area contributed by atoms with Gasteiger partial charge in [-0.2, -0.15) is 0 Å². The van der Waals surface area contributed by atoms with Gasteiger partial charge in [0.2, 0.25) is 0 Å². The number of nitrogens with zero attached hydrogens (tertiary/aromatic N) is 1.